The van der Waals surface area contributed by atoms with Crippen LogP contribution in [0.25, 0.3) is 0 Å². The number of hydrogen-bond acceptors (Lipinski definition) is 3. The quantitative estimate of drug-likeness (QED) is 0.898. The maximum absolute atomic E-state index is 13.6. The van der Waals surface area contributed by atoms with Crippen molar-refractivity contribution < 1.29 is 19.0 Å². The summed E-state index contributed by atoms with van der Waals surface area (Å²) in [6.07, 6.45) is 0. The largest absolute Gasteiger partial charge is 0.508 e. The molecule has 2 aromatic rings. The summed E-state index contributed by atoms with van der Waals surface area (Å²) < 4.78 is 19.4. The molecule has 0 saturated heterocycles. The normalized spacial score (nSPS) is 10.2. The van der Waals surface area contributed by atoms with Gasteiger partial charge in [0.15, 0.2) is 0 Å². The number of anilines is 1. The first-order valence-electron chi connectivity index (χ1n) is 5.64. The molecule has 0 aliphatic rings. The van der Waals surface area contributed by atoms with Gasteiger partial charge in [-0.2, -0.15) is 0 Å². The number of methoxy groups -OCH3 is 1. The predicted molar refractivity (Wildman–Crippen MR) is 76.7 cm³/mol. The van der Waals surface area contributed by atoms with Gasteiger partial charge in [0.05, 0.1) is 17.1 Å². The van der Waals surface area contributed by atoms with E-state index in [1.54, 1.807) is 18.2 Å². The summed E-state index contributed by atoms with van der Waals surface area (Å²) in [5, 5.41) is 11.7. The van der Waals surface area contributed by atoms with Gasteiger partial charge in [0.25, 0.3) is 5.91 Å². The maximum atomic E-state index is 13.6. The summed E-state index contributed by atoms with van der Waals surface area (Å²) in [5.74, 6) is -1.07. The fourth-order valence-corrected chi connectivity index (χ4v) is 2.03. The zero-order chi connectivity index (χ0) is 14.7. The molecule has 0 bridgehead atoms. The third kappa shape index (κ3) is 3.08. The van der Waals surface area contributed by atoms with Gasteiger partial charge < -0.3 is 15.2 Å². The van der Waals surface area contributed by atoms with E-state index in [-0.39, 0.29) is 11.3 Å². The number of carbonyl (C=O) groups is 1. The lowest BCUT2D eigenvalue weighted by atomic mass is 10.2. The Hall–Kier alpha value is -2.08. The lowest BCUT2D eigenvalue weighted by Gasteiger charge is -2.09. The lowest BCUT2D eigenvalue weighted by molar-refractivity contribution is 0.102. The number of rotatable bonds is 3. The smallest absolute Gasteiger partial charge is 0.258 e. The van der Waals surface area contributed by atoms with Gasteiger partial charge in [0.1, 0.15) is 17.3 Å². The van der Waals surface area contributed by atoms with Crippen LogP contribution >= 0.6 is 15.9 Å². The number of hydrogen-bond donors (Lipinski definition) is 2. The summed E-state index contributed by atoms with van der Waals surface area (Å²) >= 11 is 3.30. The van der Waals surface area contributed by atoms with Gasteiger partial charge in [0.2, 0.25) is 0 Å². The first kappa shape index (κ1) is 14.3. The van der Waals surface area contributed by atoms with Crippen molar-refractivity contribution in [2.45, 2.75) is 0 Å². The number of aromatic hydroxyl groups is 1. The Kier molecular flexibility index (Phi) is 4.24. The van der Waals surface area contributed by atoms with Crippen molar-refractivity contribution >= 4 is 27.5 Å². The molecule has 0 fully saturated rings. The molecular formula is C14H11BrFNO3. The van der Waals surface area contributed by atoms with Gasteiger partial charge in [-0.1, -0.05) is 0 Å². The van der Waals surface area contributed by atoms with Crippen molar-refractivity contribution in [2.24, 2.45) is 0 Å². The molecule has 0 saturated carbocycles. The Balaban J connectivity index is 2.23. The molecule has 0 unspecified atom stereocenters. The Morgan fingerprint density at radius 1 is 1.30 bits per heavy atom. The molecule has 0 spiro atoms. The fourth-order valence-electron chi connectivity index (χ4n) is 1.62. The van der Waals surface area contributed by atoms with Crippen LogP contribution in [0.15, 0.2) is 40.9 Å². The number of phenols is 1. The van der Waals surface area contributed by atoms with Crippen molar-refractivity contribution in [3.05, 3.63) is 52.3 Å². The topological polar surface area (TPSA) is 58.6 Å². The highest BCUT2D eigenvalue weighted by molar-refractivity contribution is 9.10. The molecule has 0 aromatic heterocycles. The van der Waals surface area contributed by atoms with E-state index < -0.39 is 11.7 Å². The van der Waals surface area contributed by atoms with E-state index in [9.17, 15) is 9.18 Å². The van der Waals surface area contributed by atoms with Gasteiger partial charge in [0, 0.05) is 17.8 Å². The summed E-state index contributed by atoms with van der Waals surface area (Å²) in [6, 6.07) is 8.33. The molecule has 104 valence electrons. The van der Waals surface area contributed by atoms with E-state index in [0.717, 1.165) is 10.5 Å². The second-order valence-electron chi connectivity index (χ2n) is 3.97. The molecule has 2 aromatic carbocycles. The lowest BCUT2D eigenvalue weighted by Crippen LogP contribution is -2.13. The number of carbonyl (C=O) groups excluding carboxylic acids is 1. The minimum atomic E-state index is -0.786. The minimum Gasteiger partial charge on any atom is -0.508 e. The molecule has 0 atom stereocenters. The van der Waals surface area contributed by atoms with Gasteiger partial charge >= 0.3 is 0 Å². The minimum absolute atomic E-state index is 0.148. The highest BCUT2D eigenvalue weighted by Crippen LogP contribution is 2.28. The molecular weight excluding hydrogens is 329 g/mol. The number of phenolic OH excluding ortho intramolecular Hbond substituents is 1. The Bertz CT molecular complexity index is 661. The molecule has 1 amide bonds. The van der Waals surface area contributed by atoms with E-state index >= 15 is 0 Å². The molecule has 2 rings (SSSR count). The van der Waals surface area contributed by atoms with Crippen LogP contribution in [0.5, 0.6) is 11.5 Å². The molecule has 2 N–H and O–H groups in total. The number of nitrogens with one attached hydrogen (secondary N) is 1. The molecule has 6 heteroatoms. The van der Waals surface area contributed by atoms with Crippen LogP contribution in [0, 0.1) is 5.82 Å². The van der Waals surface area contributed by atoms with Crippen LogP contribution in [0.4, 0.5) is 10.1 Å². The zero-order valence-corrected chi connectivity index (χ0v) is 12.1. The van der Waals surface area contributed by atoms with Gasteiger partial charge in [-0.05, 0) is 40.2 Å². The van der Waals surface area contributed by atoms with E-state index in [2.05, 4.69) is 21.2 Å². The molecule has 20 heavy (non-hydrogen) atoms. The van der Waals surface area contributed by atoms with E-state index in [1.807, 2.05) is 0 Å². The predicted octanol–water partition coefficient (Wildman–Crippen LogP) is 3.55. The fraction of sp³-hybridized carbons (Fsp3) is 0.0714. The average molecular weight is 340 g/mol. The molecule has 0 radical (unpaired) electrons. The zero-order valence-electron chi connectivity index (χ0n) is 10.5. The van der Waals surface area contributed by atoms with E-state index in [4.69, 9.17) is 9.84 Å². The Labute approximate surface area is 123 Å². The highest BCUT2D eigenvalue weighted by atomic mass is 79.9. The molecule has 0 aliphatic carbocycles. The van der Waals surface area contributed by atoms with Gasteiger partial charge in [-0.15, -0.1) is 0 Å². The van der Waals surface area contributed by atoms with E-state index in [1.165, 1.54) is 19.2 Å². The number of halogens is 2. The second-order valence-corrected chi connectivity index (χ2v) is 4.82. The van der Waals surface area contributed by atoms with Crippen LogP contribution in [-0.2, 0) is 0 Å². The molecule has 0 aliphatic heterocycles. The van der Waals surface area contributed by atoms with E-state index in [0.29, 0.717) is 11.4 Å². The van der Waals surface area contributed by atoms with Crippen LogP contribution < -0.4 is 10.1 Å². The van der Waals surface area contributed by atoms with Crippen LogP contribution in [-0.4, -0.2) is 18.1 Å². The van der Waals surface area contributed by atoms with Crippen molar-refractivity contribution in [1.29, 1.82) is 0 Å². The summed E-state index contributed by atoms with van der Waals surface area (Å²) in [7, 11) is 1.51. The second kappa shape index (κ2) is 5.92. The molecule has 4 nitrogen and oxygen atoms in total. The Morgan fingerprint density at radius 2 is 2.05 bits per heavy atom. The van der Waals surface area contributed by atoms with Crippen molar-refractivity contribution in [2.75, 3.05) is 12.4 Å². The highest BCUT2D eigenvalue weighted by Gasteiger charge is 2.13. The van der Waals surface area contributed by atoms with Crippen molar-refractivity contribution in [3.8, 4) is 11.5 Å². The maximum Gasteiger partial charge on any atom is 0.258 e. The Morgan fingerprint density at radius 3 is 2.70 bits per heavy atom. The third-order valence-electron chi connectivity index (χ3n) is 2.61. The molecule has 0 heterocycles. The van der Waals surface area contributed by atoms with Gasteiger partial charge in [-0.3, -0.25) is 4.79 Å². The summed E-state index contributed by atoms with van der Waals surface area (Å²) in [6.45, 7) is 0. The SMILES string of the molecule is COc1cc(NC(=O)c2ccc(O)cc2F)ccc1Br. The summed E-state index contributed by atoms with van der Waals surface area (Å²) in [4.78, 5) is 11.9. The van der Waals surface area contributed by atoms with Gasteiger partial charge in [-0.25, -0.2) is 4.39 Å². The third-order valence-corrected chi connectivity index (χ3v) is 3.26. The van der Waals surface area contributed by atoms with Crippen molar-refractivity contribution in [1.82, 2.24) is 0 Å². The van der Waals surface area contributed by atoms with Crippen LogP contribution in [0.2, 0.25) is 0 Å². The van der Waals surface area contributed by atoms with Crippen LogP contribution in [0.1, 0.15) is 10.4 Å². The number of ether oxygens (including phenoxy) is 1. The first-order chi connectivity index (χ1) is 9.51. The summed E-state index contributed by atoms with van der Waals surface area (Å²) in [5.41, 5.74) is 0.326. The monoisotopic (exact) mass is 339 g/mol. The van der Waals surface area contributed by atoms with Crippen LogP contribution in [0.3, 0.4) is 0 Å². The number of amides is 1. The average Bonchev–Trinajstić information content (AvgIpc) is 2.40. The first-order valence-corrected chi connectivity index (χ1v) is 6.44. The van der Waals surface area contributed by atoms with Crippen molar-refractivity contribution in [3.63, 3.8) is 0 Å². The standard InChI is InChI=1S/C14H11BrFNO3/c1-20-13-6-8(2-5-11(13)15)17-14(19)10-4-3-9(18)7-12(10)16/h2-7,18H,1H3,(H,17,19). The number of benzene rings is 2.